The summed E-state index contributed by atoms with van der Waals surface area (Å²) in [5.74, 6) is 0.536. The van der Waals surface area contributed by atoms with Crippen molar-refractivity contribution >= 4 is 5.97 Å². The lowest BCUT2D eigenvalue weighted by Gasteiger charge is -2.25. The van der Waals surface area contributed by atoms with Crippen LogP contribution in [0.3, 0.4) is 0 Å². The Morgan fingerprint density at radius 3 is 1.26 bits per heavy atom. The average molecular weight is 549 g/mol. The molecule has 0 spiro atoms. The number of carboxylic acids is 1. The summed E-state index contributed by atoms with van der Waals surface area (Å²) in [5, 5.41) is 9.86. The molecule has 0 aromatic heterocycles. The molecule has 1 aromatic carbocycles. The van der Waals surface area contributed by atoms with Crippen LogP contribution >= 0.6 is 0 Å². The molecule has 1 aromatic rings. The Kier molecular flexibility index (Phi) is 19.7. The molecule has 3 unspecified atom stereocenters. The standard InChI is InChI=1S/C34H60O5/c1-7-10-13-16-19-22-27(4)37-31-25-30(34(35)36)26-32(38-28(5)23-20-17-14-11-8-2)33(31)39-29(6)24-21-18-15-12-9-3/h25-29H,7-24H2,1-6H3,(H,35,36). The number of benzene rings is 1. The third-order valence-corrected chi connectivity index (χ3v) is 7.39. The molecule has 5 nitrogen and oxygen atoms in total. The van der Waals surface area contributed by atoms with E-state index in [2.05, 4.69) is 41.5 Å². The van der Waals surface area contributed by atoms with Crippen molar-refractivity contribution < 1.29 is 24.1 Å². The number of hydrogen-bond donors (Lipinski definition) is 1. The monoisotopic (exact) mass is 548 g/mol. The van der Waals surface area contributed by atoms with Gasteiger partial charge in [-0.2, -0.15) is 0 Å². The van der Waals surface area contributed by atoms with Crippen molar-refractivity contribution in [2.24, 2.45) is 0 Å². The molecule has 0 fully saturated rings. The Bertz CT molecular complexity index is 719. The van der Waals surface area contributed by atoms with Crippen LogP contribution in [0.5, 0.6) is 17.2 Å². The Morgan fingerprint density at radius 1 is 0.590 bits per heavy atom. The minimum Gasteiger partial charge on any atom is -0.487 e. The van der Waals surface area contributed by atoms with Crippen molar-refractivity contribution in [1.82, 2.24) is 0 Å². The molecule has 1 rings (SSSR count). The van der Waals surface area contributed by atoms with Gasteiger partial charge in [0.05, 0.1) is 23.9 Å². The van der Waals surface area contributed by atoms with Crippen LogP contribution in [0.15, 0.2) is 12.1 Å². The van der Waals surface area contributed by atoms with Crippen LogP contribution in [0.25, 0.3) is 0 Å². The van der Waals surface area contributed by atoms with Crippen molar-refractivity contribution in [3.63, 3.8) is 0 Å². The fourth-order valence-electron chi connectivity index (χ4n) is 4.91. The summed E-state index contributed by atoms with van der Waals surface area (Å²) in [5.41, 5.74) is 0.171. The van der Waals surface area contributed by atoms with E-state index in [1.165, 1.54) is 77.0 Å². The van der Waals surface area contributed by atoms with E-state index in [1.807, 2.05) is 0 Å². The third kappa shape index (κ3) is 16.1. The van der Waals surface area contributed by atoms with Gasteiger partial charge in [0, 0.05) is 0 Å². The normalized spacial score (nSPS) is 13.6. The lowest BCUT2D eigenvalue weighted by atomic mass is 10.1. The molecule has 0 aliphatic heterocycles. The summed E-state index contributed by atoms with van der Waals surface area (Å²) in [6, 6.07) is 3.23. The zero-order valence-corrected chi connectivity index (χ0v) is 26.2. The maximum atomic E-state index is 12.0. The summed E-state index contributed by atoms with van der Waals surface area (Å²) in [6.07, 6.45) is 20.9. The predicted molar refractivity (Wildman–Crippen MR) is 164 cm³/mol. The van der Waals surface area contributed by atoms with Gasteiger partial charge in [-0.3, -0.25) is 0 Å². The lowest BCUT2D eigenvalue weighted by Crippen LogP contribution is -2.19. The van der Waals surface area contributed by atoms with Gasteiger partial charge >= 0.3 is 5.97 Å². The van der Waals surface area contributed by atoms with Crippen molar-refractivity contribution in [3.05, 3.63) is 17.7 Å². The highest BCUT2D eigenvalue weighted by Gasteiger charge is 2.23. The minimum atomic E-state index is -0.986. The second kappa shape index (κ2) is 21.9. The van der Waals surface area contributed by atoms with Crippen LogP contribution in [0.1, 0.15) is 167 Å². The predicted octanol–water partition coefficient (Wildman–Crippen LogP) is 10.8. The summed E-state index contributed by atoms with van der Waals surface area (Å²) >= 11 is 0. The Labute approximate surface area is 240 Å². The molecule has 0 bridgehead atoms. The molecule has 0 saturated carbocycles. The van der Waals surface area contributed by atoms with Crippen molar-refractivity contribution in [1.29, 1.82) is 0 Å². The van der Waals surface area contributed by atoms with E-state index in [4.69, 9.17) is 14.2 Å². The third-order valence-electron chi connectivity index (χ3n) is 7.39. The van der Waals surface area contributed by atoms with Crippen LogP contribution in [-0.4, -0.2) is 29.4 Å². The van der Waals surface area contributed by atoms with Crippen molar-refractivity contribution in [3.8, 4) is 17.2 Å². The first-order valence-corrected chi connectivity index (χ1v) is 16.2. The molecule has 0 aliphatic rings. The first-order valence-electron chi connectivity index (χ1n) is 16.2. The van der Waals surface area contributed by atoms with Crippen LogP contribution < -0.4 is 14.2 Å². The second-order valence-electron chi connectivity index (χ2n) is 11.5. The zero-order valence-electron chi connectivity index (χ0n) is 26.2. The fourth-order valence-corrected chi connectivity index (χ4v) is 4.91. The molecule has 1 N–H and O–H groups in total. The fraction of sp³-hybridized carbons (Fsp3) is 0.794. The van der Waals surface area contributed by atoms with Gasteiger partial charge in [0.1, 0.15) is 0 Å². The summed E-state index contributed by atoms with van der Waals surface area (Å²) in [4.78, 5) is 12.0. The van der Waals surface area contributed by atoms with E-state index in [1.54, 1.807) is 12.1 Å². The SMILES string of the molecule is CCCCCCCC(C)Oc1cc(C(=O)O)cc(OC(C)CCCCCCC)c1OC(C)CCCCCCC. The summed E-state index contributed by atoms with van der Waals surface area (Å²) in [7, 11) is 0. The first kappa shape index (κ1) is 35.1. The van der Waals surface area contributed by atoms with E-state index in [9.17, 15) is 9.90 Å². The Morgan fingerprint density at radius 2 is 0.923 bits per heavy atom. The zero-order chi connectivity index (χ0) is 28.9. The van der Waals surface area contributed by atoms with Crippen LogP contribution in [0.2, 0.25) is 0 Å². The molecule has 0 amide bonds. The summed E-state index contributed by atoms with van der Waals surface area (Å²) in [6.45, 7) is 12.9. The number of ether oxygens (including phenoxy) is 3. The minimum absolute atomic E-state index is 0.0132. The Hall–Kier alpha value is -1.91. The lowest BCUT2D eigenvalue weighted by molar-refractivity contribution is 0.0694. The van der Waals surface area contributed by atoms with Crippen LogP contribution in [0, 0.1) is 0 Å². The smallest absolute Gasteiger partial charge is 0.335 e. The second-order valence-corrected chi connectivity index (χ2v) is 11.5. The van der Waals surface area contributed by atoms with Gasteiger partial charge in [-0.15, -0.1) is 0 Å². The van der Waals surface area contributed by atoms with E-state index >= 15 is 0 Å². The molecule has 39 heavy (non-hydrogen) atoms. The number of hydrogen-bond acceptors (Lipinski definition) is 4. The molecular weight excluding hydrogens is 488 g/mol. The topological polar surface area (TPSA) is 65.0 Å². The molecular formula is C34H60O5. The molecule has 0 radical (unpaired) electrons. The van der Waals surface area contributed by atoms with Gasteiger partial charge in [0.25, 0.3) is 0 Å². The first-order chi connectivity index (χ1) is 18.8. The highest BCUT2D eigenvalue weighted by molar-refractivity contribution is 5.89. The van der Waals surface area contributed by atoms with Gasteiger partial charge in [-0.1, -0.05) is 97.8 Å². The van der Waals surface area contributed by atoms with E-state index in [-0.39, 0.29) is 23.9 Å². The largest absolute Gasteiger partial charge is 0.487 e. The molecule has 3 atom stereocenters. The van der Waals surface area contributed by atoms with Crippen LogP contribution in [-0.2, 0) is 0 Å². The number of unbranched alkanes of at least 4 members (excludes halogenated alkanes) is 12. The molecule has 226 valence electrons. The van der Waals surface area contributed by atoms with Gasteiger partial charge in [-0.25, -0.2) is 4.79 Å². The summed E-state index contributed by atoms with van der Waals surface area (Å²) < 4.78 is 19.3. The van der Waals surface area contributed by atoms with Gasteiger partial charge in [-0.05, 0) is 71.4 Å². The quantitative estimate of drug-likeness (QED) is 0.123. The maximum absolute atomic E-state index is 12.0. The Balaban J connectivity index is 3.06. The number of carbonyl (C=O) groups is 1. The van der Waals surface area contributed by atoms with Gasteiger partial charge < -0.3 is 19.3 Å². The van der Waals surface area contributed by atoms with E-state index < -0.39 is 5.97 Å². The van der Waals surface area contributed by atoms with E-state index in [0.717, 1.165) is 38.5 Å². The number of rotatable bonds is 25. The van der Waals surface area contributed by atoms with Crippen molar-refractivity contribution in [2.45, 2.75) is 175 Å². The molecule has 0 saturated heterocycles. The number of carboxylic acid groups (broad SMARTS) is 1. The van der Waals surface area contributed by atoms with Gasteiger partial charge in [0.2, 0.25) is 5.75 Å². The highest BCUT2D eigenvalue weighted by Crippen LogP contribution is 2.41. The maximum Gasteiger partial charge on any atom is 0.335 e. The van der Waals surface area contributed by atoms with Crippen LogP contribution in [0.4, 0.5) is 0 Å². The molecule has 0 heterocycles. The molecule has 0 aliphatic carbocycles. The number of aromatic carboxylic acids is 1. The molecule has 5 heteroatoms. The van der Waals surface area contributed by atoms with Gasteiger partial charge in [0.15, 0.2) is 11.5 Å². The van der Waals surface area contributed by atoms with E-state index in [0.29, 0.717) is 17.2 Å². The average Bonchev–Trinajstić information content (AvgIpc) is 2.89. The van der Waals surface area contributed by atoms with Crippen molar-refractivity contribution in [2.75, 3.05) is 0 Å². The highest BCUT2D eigenvalue weighted by atomic mass is 16.6.